The Hall–Kier alpha value is -3.34. The van der Waals surface area contributed by atoms with E-state index in [0.717, 1.165) is 33.3 Å². The second kappa shape index (κ2) is 6.19. The molecular formula is C21H18N2O3. The van der Waals surface area contributed by atoms with E-state index in [0.29, 0.717) is 11.5 Å². The Morgan fingerprint density at radius 1 is 1.12 bits per heavy atom. The number of fused-ring (bicyclic) bond motifs is 1. The summed E-state index contributed by atoms with van der Waals surface area (Å²) < 4.78 is 5.48. The molecule has 1 unspecified atom stereocenters. The highest BCUT2D eigenvalue weighted by atomic mass is 16.5. The number of H-pyrrole nitrogens is 1. The van der Waals surface area contributed by atoms with Gasteiger partial charge in [-0.05, 0) is 25.5 Å². The van der Waals surface area contributed by atoms with Crippen LogP contribution in [-0.2, 0) is 4.79 Å². The van der Waals surface area contributed by atoms with Crippen LogP contribution in [0.4, 0.5) is 0 Å². The molecule has 0 amide bonds. The van der Waals surface area contributed by atoms with Gasteiger partial charge in [0.1, 0.15) is 11.5 Å². The third kappa shape index (κ3) is 2.49. The Morgan fingerprint density at radius 3 is 2.54 bits per heavy atom. The fourth-order valence-corrected chi connectivity index (χ4v) is 3.39. The van der Waals surface area contributed by atoms with E-state index in [2.05, 4.69) is 10.1 Å². The monoisotopic (exact) mass is 346 g/mol. The molecule has 0 radical (unpaired) electrons. The van der Waals surface area contributed by atoms with Crippen molar-refractivity contribution in [3.8, 4) is 22.5 Å². The van der Waals surface area contributed by atoms with Crippen LogP contribution < -0.4 is 0 Å². The van der Waals surface area contributed by atoms with E-state index in [-0.39, 0.29) is 0 Å². The van der Waals surface area contributed by atoms with Gasteiger partial charge < -0.3 is 14.6 Å². The smallest absolute Gasteiger partial charge is 0.310 e. The summed E-state index contributed by atoms with van der Waals surface area (Å²) >= 11 is 0. The summed E-state index contributed by atoms with van der Waals surface area (Å²) in [7, 11) is 0. The number of aromatic amines is 1. The Labute approximate surface area is 150 Å². The fourth-order valence-electron chi connectivity index (χ4n) is 3.39. The van der Waals surface area contributed by atoms with Gasteiger partial charge in [-0.2, -0.15) is 0 Å². The van der Waals surface area contributed by atoms with Crippen molar-refractivity contribution in [3.05, 3.63) is 65.9 Å². The highest BCUT2D eigenvalue weighted by Gasteiger charge is 2.27. The number of aliphatic carboxylic acids is 1. The second-order valence-electron chi connectivity index (χ2n) is 6.35. The predicted octanol–water partition coefficient (Wildman–Crippen LogP) is 4.99. The Balaban J connectivity index is 2.03. The van der Waals surface area contributed by atoms with Gasteiger partial charge in [-0.25, -0.2) is 0 Å². The number of carboxylic acid groups (broad SMARTS) is 1. The molecule has 0 spiro atoms. The lowest BCUT2D eigenvalue weighted by Gasteiger charge is -2.10. The molecule has 4 aromatic rings. The number of hydrogen-bond acceptors (Lipinski definition) is 3. The molecule has 5 heteroatoms. The van der Waals surface area contributed by atoms with E-state index >= 15 is 0 Å². The average molecular weight is 346 g/mol. The highest BCUT2D eigenvalue weighted by Crippen LogP contribution is 2.41. The quantitative estimate of drug-likeness (QED) is 0.546. The number of carboxylic acids is 1. The molecule has 2 aromatic heterocycles. The van der Waals surface area contributed by atoms with Crippen LogP contribution in [0.25, 0.3) is 33.4 Å². The largest absolute Gasteiger partial charge is 0.481 e. The first-order valence-corrected chi connectivity index (χ1v) is 8.43. The van der Waals surface area contributed by atoms with Crippen molar-refractivity contribution in [1.29, 1.82) is 0 Å². The normalized spacial score (nSPS) is 12.4. The molecule has 2 N–H and O–H groups in total. The minimum Gasteiger partial charge on any atom is -0.481 e. The molecule has 5 nitrogen and oxygen atoms in total. The molecule has 0 bridgehead atoms. The first kappa shape index (κ1) is 16.1. The maximum Gasteiger partial charge on any atom is 0.310 e. The van der Waals surface area contributed by atoms with Gasteiger partial charge in [-0.1, -0.05) is 53.7 Å². The first-order valence-electron chi connectivity index (χ1n) is 8.43. The van der Waals surface area contributed by atoms with Gasteiger partial charge in [0.25, 0.3) is 0 Å². The molecule has 130 valence electrons. The minimum absolute atomic E-state index is 0.647. The Bertz CT molecular complexity index is 1090. The van der Waals surface area contributed by atoms with E-state index in [1.54, 1.807) is 6.92 Å². The zero-order valence-electron chi connectivity index (χ0n) is 14.5. The van der Waals surface area contributed by atoms with Crippen LogP contribution in [0, 0.1) is 6.92 Å². The van der Waals surface area contributed by atoms with Crippen molar-refractivity contribution >= 4 is 16.9 Å². The van der Waals surface area contributed by atoms with Crippen LogP contribution in [0.1, 0.15) is 24.2 Å². The van der Waals surface area contributed by atoms with Gasteiger partial charge in [0.2, 0.25) is 0 Å². The van der Waals surface area contributed by atoms with Gasteiger partial charge in [0.15, 0.2) is 0 Å². The maximum atomic E-state index is 11.8. The molecule has 0 fully saturated rings. The number of nitrogens with one attached hydrogen (secondary N) is 1. The second-order valence-corrected chi connectivity index (χ2v) is 6.35. The van der Waals surface area contributed by atoms with Gasteiger partial charge in [0, 0.05) is 16.5 Å². The van der Waals surface area contributed by atoms with Crippen molar-refractivity contribution < 1.29 is 14.4 Å². The average Bonchev–Trinajstić information content (AvgIpc) is 3.21. The molecule has 0 saturated carbocycles. The summed E-state index contributed by atoms with van der Waals surface area (Å²) in [5.74, 6) is -0.889. The third-order valence-electron chi connectivity index (χ3n) is 4.71. The van der Waals surface area contributed by atoms with Crippen LogP contribution in [0.2, 0.25) is 0 Å². The van der Waals surface area contributed by atoms with Crippen LogP contribution in [0.15, 0.2) is 59.1 Å². The molecule has 26 heavy (non-hydrogen) atoms. The maximum absolute atomic E-state index is 11.8. The van der Waals surface area contributed by atoms with E-state index in [1.165, 1.54) is 0 Å². The van der Waals surface area contributed by atoms with Crippen molar-refractivity contribution in [3.63, 3.8) is 0 Å². The summed E-state index contributed by atoms with van der Waals surface area (Å²) in [6.45, 7) is 3.54. The van der Waals surface area contributed by atoms with E-state index in [9.17, 15) is 9.90 Å². The summed E-state index contributed by atoms with van der Waals surface area (Å²) in [6, 6.07) is 17.5. The van der Waals surface area contributed by atoms with Crippen LogP contribution in [0.3, 0.4) is 0 Å². The van der Waals surface area contributed by atoms with Crippen molar-refractivity contribution in [2.45, 2.75) is 19.8 Å². The fraction of sp³-hybridized carbons (Fsp3) is 0.143. The molecule has 0 aliphatic carbocycles. The van der Waals surface area contributed by atoms with Crippen molar-refractivity contribution in [1.82, 2.24) is 10.1 Å². The number of nitrogens with zero attached hydrogens (tertiary/aromatic N) is 1. The van der Waals surface area contributed by atoms with E-state index in [4.69, 9.17) is 4.52 Å². The molecule has 2 heterocycles. The molecule has 0 aliphatic heterocycles. The Kier molecular flexibility index (Phi) is 3.84. The lowest BCUT2D eigenvalue weighted by Crippen LogP contribution is -2.08. The lowest BCUT2D eigenvalue weighted by atomic mass is 9.93. The number of benzene rings is 2. The van der Waals surface area contributed by atoms with Crippen LogP contribution in [0.5, 0.6) is 0 Å². The summed E-state index contributed by atoms with van der Waals surface area (Å²) in [5.41, 5.74) is 4.82. The summed E-state index contributed by atoms with van der Waals surface area (Å²) in [6.07, 6.45) is 0. The number of aromatic nitrogens is 2. The number of aryl methyl sites for hydroxylation is 1. The third-order valence-corrected chi connectivity index (χ3v) is 4.71. The number of rotatable bonds is 4. The SMILES string of the molecule is Cc1onc(-c2ccccc2)c1-c1[nH]c2ccccc2c1C(C)C(=O)O. The summed E-state index contributed by atoms with van der Waals surface area (Å²) in [4.78, 5) is 15.1. The molecule has 0 saturated heterocycles. The van der Waals surface area contributed by atoms with E-state index in [1.807, 2.05) is 61.5 Å². The van der Waals surface area contributed by atoms with Crippen molar-refractivity contribution in [2.75, 3.05) is 0 Å². The highest BCUT2D eigenvalue weighted by molar-refractivity contribution is 5.98. The minimum atomic E-state index is -0.869. The molecule has 4 rings (SSSR count). The van der Waals surface area contributed by atoms with Gasteiger partial charge in [0.05, 0.1) is 17.2 Å². The van der Waals surface area contributed by atoms with Crippen molar-refractivity contribution in [2.24, 2.45) is 0 Å². The standard InChI is InChI=1S/C21H18N2O3/c1-12(21(24)25)17-15-10-6-7-11-16(15)22-20(17)18-13(2)26-23-19(18)14-8-4-3-5-9-14/h3-12,22H,1-2H3,(H,24,25). The zero-order chi connectivity index (χ0) is 18.3. The van der Waals surface area contributed by atoms with Crippen LogP contribution in [-0.4, -0.2) is 21.2 Å². The molecular weight excluding hydrogens is 328 g/mol. The first-order chi connectivity index (χ1) is 12.6. The van der Waals surface area contributed by atoms with Crippen LogP contribution >= 0.6 is 0 Å². The van der Waals surface area contributed by atoms with E-state index < -0.39 is 11.9 Å². The van der Waals surface area contributed by atoms with Gasteiger partial charge >= 0.3 is 5.97 Å². The van der Waals surface area contributed by atoms with Gasteiger partial charge in [-0.15, -0.1) is 0 Å². The number of para-hydroxylation sites is 1. The Morgan fingerprint density at radius 2 is 1.81 bits per heavy atom. The molecule has 2 aromatic carbocycles. The predicted molar refractivity (Wildman–Crippen MR) is 100 cm³/mol. The lowest BCUT2D eigenvalue weighted by molar-refractivity contribution is -0.138. The summed E-state index contributed by atoms with van der Waals surface area (Å²) in [5, 5.41) is 14.8. The number of carbonyl (C=O) groups is 1. The molecule has 0 aliphatic rings. The van der Waals surface area contributed by atoms with Gasteiger partial charge in [-0.3, -0.25) is 4.79 Å². The zero-order valence-corrected chi connectivity index (χ0v) is 14.5. The number of hydrogen-bond donors (Lipinski definition) is 2. The topological polar surface area (TPSA) is 79.1 Å². The molecule has 1 atom stereocenters.